The molecule has 2 bridgehead atoms. The molecule has 0 amide bonds. The van der Waals surface area contributed by atoms with E-state index in [-0.39, 0.29) is 0 Å². The van der Waals surface area contributed by atoms with Crippen molar-refractivity contribution < 1.29 is 0 Å². The number of hydrogen-bond acceptors (Lipinski definition) is 3. The predicted octanol–water partition coefficient (Wildman–Crippen LogP) is 1.76. The lowest BCUT2D eigenvalue weighted by Crippen LogP contribution is -2.21. The van der Waals surface area contributed by atoms with Crippen LogP contribution in [0.15, 0.2) is 18.3 Å². The summed E-state index contributed by atoms with van der Waals surface area (Å²) < 4.78 is 0. The van der Waals surface area contributed by atoms with Crippen LogP contribution in [0.4, 0.5) is 5.82 Å². The molecule has 0 aromatic carbocycles. The smallest absolute Gasteiger partial charge is 0.127 e. The van der Waals surface area contributed by atoms with Gasteiger partial charge in [-0.05, 0) is 30.9 Å². The van der Waals surface area contributed by atoms with E-state index in [2.05, 4.69) is 28.6 Å². The summed E-state index contributed by atoms with van der Waals surface area (Å²) in [4.78, 5) is 6.55. The molecule has 1 aromatic rings. The molecule has 1 N–H and O–H groups in total. The minimum Gasteiger partial charge on any atom is -0.363 e. The number of pyridine rings is 1. The van der Waals surface area contributed by atoms with Gasteiger partial charge in [-0.2, -0.15) is 0 Å². The Hall–Kier alpha value is -1.09. The average Bonchev–Trinajstić information content (AvgIpc) is 2.91. The summed E-state index contributed by atoms with van der Waals surface area (Å²) in [5, 5.41) is 3.68. The van der Waals surface area contributed by atoms with Crippen molar-refractivity contribution in [1.29, 1.82) is 0 Å². The monoisotopic (exact) mass is 217 g/mol. The molecule has 3 atom stereocenters. The molecule has 86 valence electrons. The maximum Gasteiger partial charge on any atom is 0.127 e. The maximum atomic E-state index is 4.50. The van der Waals surface area contributed by atoms with Crippen LogP contribution in [0, 0.1) is 0 Å². The fourth-order valence-corrected chi connectivity index (χ4v) is 3.07. The summed E-state index contributed by atoms with van der Waals surface area (Å²) in [6, 6.07) is 5.84. The third-order valence-electron chi connectivity index (χ3n) is 3.96. The van der Waals surface area contributed by atoms with E-state index in [1.165, 1.54) is 24.8 Å². The van der Waals surface area contributed by atoms with Gasteiger partial charge in [0.15, 0.2) is 0 Å². The highest BCUT2D eigenvalue weighted by molar-refractivity contribution is 5.38. The molecular weight excluding hydrogens is 198 g/mol. The molecular formula is C13H19N3. The third kappa shape index (κ3) is 1.59. The van der Waals surface area contributed by atoms with Crippen molar-refractivity contribution in [1.82, 2.24) is 10.3 Å². The van der Waals surface area contributed by atoms with Crippen molar-refractivity contribution in [2.75, 3.05) is 19.0 Å². The van der Waals surface area contributed by atoms with E-state index >= 15 is 0 Å². The van der Waals surface area contributed by atoms with Crippen molar-refractivity contribution in [2.45, 2.75) is 37.3 Å². The molecule has 3 nitrogen and oxygen atoms in total. The highest BCUT2D eigenvalue weighted by Gasteiger charge is 2.39. The Morgan fingerprint density at radius 2 is 2.19 bits per heavy atom. The third-order valence-corrected chi connectivity index (χ3v) is 3.96. The van der Waals surface area contributed by atoms with Crippen LogP contribution in [-0.4, -0.2) is 31.2 Å². The van der Waals surface area contributed by atoms with E-state index in [1.54, 1.807) is 0 Å². The van der Waals surface area contributed by atoms with Gasteiger partial charge in [0, 0.05) is 38.3 Å². The Kier molecular flexibility index (Phi) is 2.36. The van der Waals surface area contributed by atoms with Crippen LogP contribution in [0.5, 0.6) is 0 Å². The number of fused-ring (bicyclic) bond motifs is 2. The highest BCUT2D eigenvalue weighted by Crippen LogP contribution is 2.39. The van der Waals surface area contributed by atoms with Gasteiger partial charge in [0.05, 0.1) is 0 Å². The van der Waals surface area contributed by atoms with Gasteiger partial charge in [0.25, 0.3) is 0 Å². The van der Waals surface area contributed by atoms with Crippen LogP contribution in [0.25, 0.3) is 0 Å². The SMILES string of the molecule is CN(C)c1ccc([C@H]2C[C@H]3CC[C@H]2N3)cn1. The van der Waals surface area contributed by atoms with Gasteiger partial charge in [-0.3, -0.25) is 0 Å². The van der Waals surface area contributed by atoms with Gasteiger partial charge in [-0.1, -0.05) is 6.07 Å². The normalized spacial score (nSPS) is 32.0. The zero-order valence-corrected chi connectivity index (χ0v) is 9.98. The number of rotatable bonds is 2. The largest absolute Gasteiger partial charge is 0.363 e. The molecule has 3 heterocycles. The topological polar surface area (TPSA) is 28.2 Å². The van der Waals surface area contributed by atoms with E-state index in [4.69, 9.17) is 0 Å². The molecule has 0 unspecified atom stereocenters. The lowest BCUT2D eigenvalue weighted by molar-refractivity contribution is 0.505. The molecule has 2 fully saturated rings. The van der Waals surface area contributed by atoms with Crippen LogP contribution in [0.2, 0.25) is 0 Å². The number of hydrogen-bond donors (Lipinski definition) is 1. The Labute approximate surface area is 96.9 Å². The first-order chi connectivity index (χ1) is 7.74. The average molecular weight is 217 g/mol. The van der Waals surface area contributed by atoms with Crippen LogP contribution >= 0.6 is 0 Å². The van der Waals surface area contributed by atoms with E-state index in [0.29, 0.717) is 12.0 Å². The summed E-state index contributed by atoms with van der Waals surface area (Å²) in [6.45, 7) is 0. The molecule has 3 rings (SSSR count). The Morgan fingerprint density at radius 1 is 1.31 bits per heavy atom. The Bertz CT molecular complexity index is 371. The number of anilines is 1. The summed E-state index contributed by atoms with van der Waals surface area (Å²) in [7, 11) is 4.06. The second kappa shape index (κ2) is 3.74. The van der Waals surface area contributed by atoms with Crippen molar-refractivity contribution in [3.05, 3.63) is 23.9 Å². The minimum absolute atomic E-state index is 0.697. The summed E-state index contributed by atoms with van der Waals surface area (Å²) in [6.07, 6.45) is 6.06. The molecule has 0 aliphatic carbocycles. The summed E-state index contributed by atoms with van der Waals surface area (Å²) >= 11 is 0. The molecule has 0 saturated carbocycles. The van der Waals surface area contributed by atoms with E-state index in [9.17, 15) is 0 Å². The second-order valence-electron chi connectivity index (χ2n) is 5.23. The Balaban J connectivity index is 1.80. The van der Waals surface area contributed by atoms with Gasteiger partial charge < -0.3 is 10.2 Å². The zero-order valence-electron chi connectivity index (χ0n) is 9.98. The lowest BCUT2D eigenvalue weighted by atomic mass is 9.85. The fourth-order valence-electron chi connectivity index (χ4n) is 3.07. The zero-order chi connectivity index (χ0) is 11.1. The molecule has 0 spiro atoms. The molecule has 0 radical (unpaired) electrons. The first-order valence-corrected chi connectivity index (χ1v) is 6.13. The van der Waals surface area contributed by atoms with Gasteiger partial charge >= 0.3 is 0 Å². The quantitative estimate of drug-likeness (QED) is 0.818. The molecule has 1 aromatic heterocycles. The van der Waals surface area contributed by atoms with E-state index in [1.807, 2.05) is 19.0 Å². The molecule has 2 aliphatic heterocycles. The van der Waals surface area contributed by atoms with Gasteiger partial charge in [0.1, 0.15) is 5.82 Å². The van der Waals surface area contributed by atoms with E-state index in [0.717, 1.165) is 11.9 Å². The summed E-state index contributed by atoms with van der Waals surface area (Å²) in [5.41, 5.74) is 1.41. The number of nitrogens with zero attached hydrogens (tertiary/aromatic N) is 2. The number of nitrogens with one attached hydrogen (secondary N) is 1. The van der Waals surface area contributed by atoms with Gasteiger partial charge in [-0.15, -0.1) is 0 Å². The van der Waals surface area contributed by atoms with Crippen molar-refractivity contribution in [2.24, 2.45) is 0 Å². The summed E-state index contributed by atoms with van der Waals surface area (Å²) in [5.74, 6) is 1.74. The molecule has 3 heteroatoms. The molecule has 2 saturated heterocycles. The molecule has 16 heavy (non-hydrogen) atoms. The minimum atomic E-state index is 0.697. The fraction of sp³-hybridized carbons (Fsp3) is 0.615. The Morgan fingerprint density at radius 3 is 2.69 bits per heavy atom. The van der Waals surface area contributed by atoms with Crippen LogP contribution < -0.4 is 10.2 Å². The van der Waals surface area contributed by atoms with Crippen molar-refractivity contribution >= 4 is 5.82 Å². The lowest BCUT2D eigenvalue weighted by Gasteiger charge is -2.21. The second-order valence-corrected chi connectivity index (χ2v) is 5.23. The van der Waals surface area contributed by atoms with Crippen LogP contribution in [0.3, 0.4) is 0 Å². The van der Waals surface area contributed by atoms with Crippen molar-refractivity contribution in [3.63, 3.8) is 0 Å². The van der Waals surface area contributed by atoms with E-state index < -0.39 is 0 Å². The van der Waals surface area contributed by atoms with Gasteiger partial charge in [0.2, 0.25) is 0 Å². The molecule has 2 aliphatic rings. The van der Waals surface area contributed by atoms with Crippen LogP contribution in [-0.2, 0) is 0 Å². The maximum absolute atomic E-state index is 4.50. The van der Waals surface area contributed by atoms with Crippen molar-refractivity contribution in [3.8, 4) is 0 Å². The highest BCUT2D eigenvalue weighted by atomic mass is 15.1. The number of aromatic nitrogens is 1. The first kappa shape index (κ1) is 10.1. The predicted molar refractivity (Wildman–Crippen MR) is 65.9 cm³/mol. The first-order valence-electron chi connectivity index (χ1n) is 6.13. The van der Waals surface area contributed by atoms with Crippen LogP contribution in [0.1, 0.15) is 30.7 Å². The van der Waals surface area contributed by atoms with Gasteiger partial charge in [-0.25, -0.2) is 4.98 Å². The standard InChI is InChI=1S/C13H19N3/c1-16(2)13-6-3-9(8-14-13)11-7-10-4-5-12(11)15-10/h3,6,8,10-12,15H,4-5,7H2,1-2H3/t10-,11-,12-/m1/s1.